The second-order valence-corrected chi connectivity index (χ2v) is 4.53. The van der Waals surface area contributed by atoms with E-state index >= 15 is 0 Å². The molecule has 0 bridgehead atoms. The van der Waals surface area contributed by atoms with Gasteiger partial charge in [0.15, 0.2) is 0 Å². The lowest BCUT2D eigenvalue weighted by Gasteiger charge is -2.21. The molecule has 84 valence electrons. The number of hydrogen-bond acceptors (Lipinski definition) is 4. The summed E-state index contributed by atoms with van der Waals surface area (Å²) >= 11 is 1.44. The molecule has 16 heavy (non-hydrogen) atoms. The summed E-state index contributed by atoms with van der Waals surface area (Å²) in [6, 6.07) is 7.36. The van der Waals surface area contributed by atoms with E-state index < -0.39 is 5.60 Å². The normalized spacial score (nSPS) is 14.4. The van der Waals surface area contributed by atoms with Gasteiger partial charge >= 0.3 is 0 Å². The molecule has 0 spiro atoms. The van der Waals surface area contributed by atoms with E-state index in [1.807, 2.05) is 29.6 Å². The van der Waals surface area contributed by atoms with Crippen LogP contribution in [-0.2, 0) is 5.60 Å². The Morgan fingerprint density at radius 3 is 2.50 bits per heavy atom. The van der Waals surface area contributed by atoms with Crippen LogP contribution in [0.4, 0.5) is 0 Å². The first-order valence-corrected chi connectivity index (χ1v) is 5.79. The van der Waals surface area contributed by atoms with Crippen molar-refractivity contribution in [1.82, 2.24) is 4.98 Å². The van der Waals surface area contributed by atoms with E-state index in [4.69, 9.17) is 4.74 Å². The van der Waals surface area contributed by atoms with Gasteiger partial charge in [-0.15, -0.1) is 11.3 Å². The summed E-state index contributed by atoms with van der Waals surface area (Å²) in [5.74, 6) is 0.777. The lowest BCUT2D eigenvalue weighted by molar-refractivity contribution is 0.102. The first-order valence-electron chi connectivity index (χ1n) is 4.91. The standard InChI is InChI=1S/C12H13NO2S/c1-12(14,11-13-7-8-16-11)9-3-5-10(15-2)6-4-9/h3-8,14H,1-2H3. The summed E-state index contributed by atoms with van der Waals surface area (Å²) in [6.45, 7) is 1.74. The maximum Gasteiger partial charge on any atom is 0.138 e. The highest BCUT2D eigenvalue weighted by atomic mass is 32.1. The van der Waals surface area contributed by atoms with E-state index in [9.17, 15) is 5.11 Å². The summed E-state index contributed by atoms with van der Waals surface area (Å²) in [5.41, 5.74) is -0.233. The Balaban J connectivity index is 2.35. The molecule has 0 saturated heterocycles. The molecule has 1 aromatic carbocycles. The molecule has 0 fully saturated rings. The Morgan fingerprint density at radius 1 is 1.31 bits per heavy atom. The summed E-state index contributed by atoms with van der Waals surface area (Å²) in [4.78, 5) is 4.14. The Labute approximate surface area is 98.4 Å². The number of benzene rings is 1. The number of methoxy groups -OCH3 is 1. The fourth-order valence-electron chi connectivity index (χ4n) is 1.50. The third-order valence-electron chi connectivity index (χ3n) is 2.50. The molecule has 1 atom stereocenters. The molecule has 1 aromatic heterocycles. The Morgan fingerprint density at radius 2 is 2.00 bits per heavy atom. The van der Waals surface area contributed by atoms with E-state index in [2.05, 4.69) is 4.98 Å². The zero-order valence-electron chi connectivity index (χ0n) is 9.18. The van der Waals surface area contributed by atoms with E-state index in [-0.39, 0.29) is 0 Å². The van der Waals surface area contributed by atoms with E-state index in [1.165, 1.54) is 11.3 Å². The molecule has 0 radical (unpaired) electrons. The van der Waals surface area contributed by atoms with Gasteiger partial charge in [0.05, 0.1) is 7.11 Å². The number of hydrogen-bond donors (Lipinski definition) is 1. The quantitative estimate of drug-likeness (QED) is 0.888. The van der Waals surface area contributed by atoms with E-state index in [0.717, 1.165) is 11.3 Å². The van der Waals surface area contributed by atoms with Crippen molar-refractivity contribution < 1.29 is 9.84 Å². The van der Waals surface area contributed by atoms with E-state index in [0.29, 0.717) is 5.01 Å². The second kappa shape index (κ2) is 4.23. The van der Waals surface area contributed by atoms with Gasteiger partial charge < -0.3 is 9.84 Å². The monoisotopic (exact) mass is 235 g/mol. The van der Waals surface area contributed by atoms with Crippen LogP contribution < -0.4 is 4.74 Å². The fraction of sp³-hybridized carbons (Fsp3) is 0.250. The van der Waals surface area contributed by atoms with Gasteiger partial charge in [0, 0.05) is 11.6 Å². The minimum Gasteiger partial charge on any atom is -0.497 e. The summed E-state index contributed by atoms with van der Waals surface area (Å²) < 4.78 is 5.08. The van der Waals surface area contributed by atoms with Gasteiger partial charge in [0.25, 0.3) is 0 Å². The van der Waals surface area contributed by atoms with Gasteiger partial charge in [0.2, 0.25) is 0 Å². The zero-order valence-corrected chi connectivity index (χ0v) is 9.99. The van der Waals surface area contributed by atoms with E-state index in [1.54, 1.807) is 20.2 Å². The van der Waals surface area contributed by atoms with Crippen LogP contribution in [0.5, 0.6) is 5.75 Å². The molecule has 0 amide bonds. The average molecular weight is 235 g/mol. The smallest absolute Gasteiger partial charge is 0.138 e. The molecule has 0 aliphatic rings. The Hall–Kier alpha value is -1.39. The fourth-order valence-corrected chi connectivity index (χ4v) is 2.22. The predicted octanol–water partition coefficient (Wildman–Crippen LogP) is 2.41. The SMILES string of the molecule is COc1ccc(C(C)(O)c2nccs2)cc1. The highest BCUT2D eigenvalue weighted by Gasteiger charge is 2.28. The molecular formula is C12H13NO2S. The van der Waals surface area contributed by atoms with Crippen molar-refractivity contribution in [2.24, 2.45) is 0 Å². The Kier molecular flexibility index (Phi) is 2.94. The molecule has 1 heterocycles. The Bertz CT molecular complexity index is 448. The third kappa shape index (κ3) is 1.94. The van der Waals surface area contributed by atoms with Gasteiger partial charge in [0.1, 0.15) is 16.4 Å². The highest BCUT2D eigenvalue weighted by molar-refractivity contribution is 7.09. The third-order valence-corrected chi connectivity index (χ3v) is 3.48. The molecule has 1 unspecified atom stereocenters. The van der Waals surface area contributed by atoms with Crippen molar-refractivity contribution in [2.75, 3.05) is 7.11 Å². The number of aliphatic hydroxyl groups is 1. The number of aromatic nitrogens is 1. The summed E-state index contributed by atoms with van der Waals surface area (Å²) in [5, 5.41) is 13.0. The lowest BCUT2D eigenvalue weighted by Crippen LogP contribution is -2.22. The molecule has 2 rings (SSSR count). The first kappa shape index (κ1) is 11.1. The van der Waals surface area contributed by atoms with Crippen LogP contribution in [0.2, 0.25) is 0 Å². The molecule has 0 saturated carbocycles. The summed E-state index contributed by atoms with van der Waals surface area (Å²) in [6.07, 6.45) is 1.69. The number of rotatable bonds is 3. The van der Waals surface area contributed by atoms with Crippen molar-refractivity contribution in [3.05, 3.63) is 46.4 Å². The minimum atomic E-state index is -1.04. The van der Waals surface area contributed by atoms with Crippen LogP contribution in [0.3, 0.4) is 0 Å². The van der Waals surface area contributed by atoms with Gasteiger partial charge in [-0.05, 0) is 24.6 Å². The molecule has 0 aliphatic carbocycles. The van der Waals surface area contributed by atoms with Gasteiger partial charge in [-0.2, -0.15) is 0 Å². The van der Waals surface area contributed by atoms with Crippen LogP contribution in [-0.4, -0.2) is 17.2 Å². The molecule has 0 aliphatic heterocycles. The maximum absolute atomic E-state index is 10.4. The van der Waals surface area contributed by atoms with Crippen LogP contribution in [0, 0.1) is 0 Å². The minimum absolute atomic E-state index is 0.692. The van der Waals surface area contributed by atoms with Crippen molar-refractivity contribution in [1.29, 1.82) is 0 Å². The molecule has 2 aromatic rings. The maximum atomic E-state index is 10.4. The van der Waals surface area contributed by atoms with Crippen molar-refractivity contribution in [3.63, 3.8) is 0 Å². The van der Waals surface area contributed by atoms with Crippen LogP contribution in [0.1, 0.15) is 17.5 Å². The highest BCUT2D eigenvalue weighted by Crippen LogP contribution is 2.31. The molecular weight excluding hydrogens is 222 g/mol. The second-order valence-electron chi connectivity index (χ2n) is 3.64. The lowest BCUT2D eigenvalue weighted by atomic mass is 9.97. The van der Waals surface area contributed by atoms with Crippen molar-refractivity contribution >= 4 is 11.3 Å². The van der Waals surface area contributed by atoms with Gasteiger partial charge in [-0.1, -0.05) is 12.1 Å². The largest absolute Gasteiger partial charge is 0.497 e. The van der Waals surface area contributed by atoms with Gasteiger partial charge in [-0.25, -0.2) is 4.98 Å². The van der Waals surface area contributed by atoms with Crippen LogP contribution in [0.15, 0.2) is 35.8 Å². The van der Waals surface area contributed by atoms with Crippen molar-refractivity contribution in [2.45, 2.75) is 12.5 Å². The topological polar surface area (TPSA) is 42.4 Å². The van der Waals surface area contributed by atoms with Crippen molar-refractivity contribution in [3.8, 4) is 5.75 Å². The zero-order chi connectivity index (χ0) is 11.6. The average Bonchev–Trinajstić information content (AvgIpc) is 2.83. The molecule has 1 N–H and O–H groups in total. The number of ether oxygens (including phenoxy) is 1. The molecule has 3 nitrogen and oxygen atoms in total. The van der Waals surface area contributed by atoms with Crippen LogP contribution in [0.25, 0.3) is 0 Å². The van der Waals surface area contributed by atoms with Crippen LogP contribution >= 0.6 is 11.3 Å². The van der Waals surface area contributed by atoms with Gasteiger partial charge in [-0.3, -0.25) is 0 Å². The predicted molar refractivity (Wildman–Crippen MR) is 63.8 cm³/mol. The molecule has 4 heteroatoms. The first-order chi connectivity index (χ1) is 7.64. The number of nitrogens with zero attached hydrogens (tertiary/aromatic N) is 1. The number of thiazole rings is 1. The summed E-state index contributed by atoms with van der Waals surface area (Å²) in [7, 11) is 1.62.